The van der Waals surface area contributed by atoms with E-state index in [4.69, 9.17) is 0 Å². The molecule has 0 saturated carbocycles. The maximum atomic E-state index is 10.7. The third-order valence-electron chi connectivity index (χ3n) is 3.81. The summed E-state index contributed by atoms with van der Waals surface area (Å²) in [7, 11) is 0. The van der Waals surface area contributed by atoms with Gasteiger partial charge in [0.05, 0.1) is 11.5 Å². The molecule has 0 bridgehead atoms. The van der Waals surface area contributed by atoms with E-state index < -0.39 is 4.92 Å². The Morgan fingerprint density at radius 3 is 2.89 bits per heavy atom. The van der Waals surface area contributed by atoms with Crippen molar-refractivity contribution in [3.63, 3.8) is 0 Å². The molecule has 1 heterocycles. The summed E-state index contributed by atoms with van der Waals surface area (Å²) >= 11 is 3.39. The molecule has 104 valence electrons. The number of likely N-dealkylation sites (tertiary alicyclic amines) is 1. The van der Waals surface area contributed by atoms with E-state index >= 15 is 0 Å². The Balaban J connectivity index is 2.13. The molecule has 1 saturated heterocycles. The molecular weight excluding hydrogens is 312 g/mol. The highest BCUT2D eigenvalue weighted by Crippen LogP contribution is 2.29. The normalized spacial score (nSPS) is 23.7. The predicted octanol–water partition coefficient (Wildman–Crippen LogP) is 2.56. The van der Waals surface area contributed by atoms with Gasteiger partial charge in [-0.3, -0.25) is 15.0 Å². The molecule has 0 aliphatic carbocycles. The minimum Gasteiger partial charge on any atom is -0.395 e. The Bertz CT molecular complexity index is 481. The van der Waals surface area contributed by atoms with Gasteiger partial charge in [-0.25, -0.2) is 0 Å². The zero-order chi connectivity index (χ0) is 14.0. The molecule has 1 aliphatic rings. The summed E-state index contributed by atoms with van der Waals surface area (Å²) in [6, 6.07) is 5.01. The molecular formula is C13H17BrN2O3. The number of non-ortho nitro benzene ring substituents is 1. The van der Waals surface area contributed by atoms with E-state index in [-0.39, 0.29) is 18.3 Å². The Labute approximate surface area is 120 Å². The number of aliphatic hydroxyl groups excluding tert-OH is 1. The van der Waals surface area contributed by atoms with Crippen molar-refractivity contribution in [2.45, 2.75) is 25.9 Å². The van der Waals surface area contributed by atoms with Gasteiger partial charge in [-0.15, -0.1) is 0 Å². The van der Waals surface area contributed by atoms with Crippen LogP contribution in [-0.2, 0) is 6.54 Å². The van der Waals surface area contributed by atoms with Gasteiger partial charge >= 0.3 is 0 Å². The van der Waals surface area contributed by atoms with Gasteiger partial charge in [-0.05, 0) is 30.5 Å². The number of hydrogen-bond donors (Lipinski definition) is 1. The summed E-state index contributed by atoms with van der Waals surface area (Å²) < 4.78 is 0.748. The van der Waals surface area contributed by atoms with Gasteiger partial charge in [0.1, 0.15) is 0 Å². The molecule has 0 radical (unpaired) electrons. The predicted molar refractivity (Wildman–Crippen MR) is 75.9 cm³/mol. The van der Waals surface area contributed by atoms with Crippen LogP contribution in [0.1, 0.15) is 18.9 Å². The number of nitrogens with zero attached hydrogens (tertiary/aromatic N) is 2. The molecule has 2 atom stereocenters. The fourth-order valence-electron chi connectivity index (χ4n) is 2.58. The fourth-order valence-corrected chi connectivity index (χ4v) is 3.07. The van der Waals surface area contributed by atoms with Crippen LogP contribution in [0.3, 0.4) is 0 Å². The topological polar surface area (TPSA) is 66.6 Å². The standard InChI is InChI=1S/C13H17BrN2O3/c1-9-4-5-15(13(9)8-17)7-10-2-3-11(16(18)19)6-12(10)14/h2-3,6,9,13,17H,4-5,7-8H2,1H3. The lowest BCUT2D eigenvalue weighted by Crippen LogP contribution is -2.34. The highest BCUT2D eigenvalue weighted by Gasteiger charge is 2.30. The van der Waals surface area contributed by atoms with E-state index in [0.29, 0.717) is 12.5 Å². The van der Waals surface area contributed by atoms with Crippen molar-refractivity contribution in [2.24, 2.45) is 5.92 Å². The minimum atomic E-state index is -0.400. The number of aliphatic hydroxyl groups is 1. The molecule has 0 spiro atoms. The molecule has 6 heteroatoms. The Morgan fingerprint density at radius 2 is 2.32 bits per heavy atom. The zero-order valence-corrected chi connectivity index (χ0v) is 12.3. The van der Waals surface area contributed by atoms with Gasteiger partial charge in [-0.2, -0.15) is 0 Å². The quantitative estimate of drug-likeness (QED) is 0.681. The van der Waals surface area contributed by atoms with Gasteiger partial charge in [0.2, 0.25) is 0 Å². The van der Waals surface area contributed by atoms with Crippen LogP contribution in [0.25, 0.3) is 0 Å². The number of rotatable bonds is 4. The summed E-state index contributed by atoms with van der Waals surface area (Å²) in [5.41, 5.74) is 1.10. The molecule has 1 aliphatic heterocycles. The van der Waals surface area contributed by atoms with Crippen LogP contribution in [0, 0.1) is 16.0 Å². The van der Waals surface area contributed by atoms with Gasteiger partial charge in [0.15, 0.2) is 0 Å². The third kappa shape index (κ3) is 3.13. The number of benzene rings is 1. The van der Waals surface area contributed by atoms with E-state index in [1.807, 2.05) is 0 Å². The van der Waals surface area contributed by atoms with Gasteiger partial charge < -0.3 is 5.11 Å². The first-order valence-corrected chi connectivity index (χ1v) is 7.10. The molecule has 2 rings (SSSR count). The lowest BCUT2D eigenvalue weighted by atomic mass is 10.0. The molecule has 19 heavy (non-hydrogen) atoms. The van der Waals surface area contributed by atoms with Crippen molar-refractivity contribution >= 4 is 21.6 Å². The largest absolute Gasteiger partial charge is 0.395 e. The van der Waals surface area contributed by atoms with Crippen molar-refractivity contribution in [3.05, 3.63) is 38.3 Å². The van der Waals surface area contributed by atoms with Crippen LogP contribution in [0.4, 0.5) is 5.69 Å². The van der Waals surface area contributed by atoms with Gasteiger partial charge in [0, 0.05) is 29.2 Å². The second-order valence-corrected chi connectivity index (χ2v) is 5.87. The van der Waals surface area contributed by atoms with Gasteiger partial charge in [0.25, 0.3) is 5.69 Å². The van der Waals surface area contributed by atoms with E-state index in [9.17, 15) is 15.2 Å². The smallest absolute Gasteiger partial charge is 0.270 e. The fraction of sp³-hybridized carbons (Fsp3) is 0.538. The van der Waals surface area contributed by atoms with E-state index in [1.165, 1.54) is 12.1 Å². The third-order valence-corrected chi connectivity index (χ3v) is 4.54. The minimum absolute atomic E-state index is 0.0872. The van der Waals surface area contributed by atoms with Crippen LogP contribution in [0.5, 0.6) is 0 Å². The average molecular weight is 329 g/mol. The number of nitro groups is 1. The highest BCUT2D eigenvalue weighted by atomic mass is 79.9. The molecule has 1 fully saturated rings. The Hall–Kier alpha value is -0.980. The van der Waals surface area contributed by atoms with Crippen molar-refractivity contribution < 1.29 is 10.0 Å². The summed E-state index contributed by atoms with van der Waals surface area (Å²) in [5, 5.41) is 20.1. The molecule has 0 amide bonds. The first-order valence-electron chi connectivity index (χ1n) is 6.30. The summed E-state index contributed by atoms with van der Waals surface area (Å²) in [6.45, 7) is 3.96. The second kappa shape index (κ2) is 5.98. The highest BCUT2D eigenvalue weighted by molar-refractivity contribution is 9.10. The first kappa shape index (κ1) is 14.4. The van der Waals surface area contributed by atoms with Gasteiger partial charge in [-0.1, -0.05) is 22.9 Å². The summed E-state index contributed by atoms with van der Waals surface area (Å²) in [5.74, 6) is 0.488. The first-order chi connectivity index (χ1) is 9.02. The average Bonchev–Trinajstić information content (AvgIpc) is 2.72. The summed E-state index contributed by atoms with van der Waals surface area (Å²) in [6.07, 6.45) is 1.08. The van der Waals surface area contributed by atoms with Crippen LogP contribution >= 0.6 is 15.9 Å². The van der Waals surface area contributed by atoms with Crippen LogP contribution in [0.15, 0.2) is 22.7 Å². The van der Waals surface area contributed by atoms with Crippen molar-refractivity contribution in [1.29, 1.82) is 0 Å². The molecule has 5 nitrogen and oxygen atoms in total. The van der Waals surface area contributed by atoms with Crippen molar-refractivity contribution in [2.75, 3.05) is 13.2 Å². The molecule has 0 aromatic heterocycles. The summed E-state index contributed by atoms with van der Waals surface area (Å²) in [4.78, 5) is 12.5. The van der Waals surface area contributed by atoms with E-state index in [2.05, 4.69) is 27.8 Å². The number of nitro benzene ring substituents is 1. The molecule has 1 aromatic carbocycles. The van der Waals surface area contributed by atoms with Crippen molar-refractivity contribution in [1.82, 2.24) is 4.90 Å². The maximum Gasteiger partial charge on any atom is 0.270 e. The molecule has 2 unspecified atom stereocenters. The van der Waals surface area contributed by atoms with E-state index in [1.54, 1.807) is 6.07 Å². The van der Waals surface area contributed by atoms with Crippen LogP contribution in [-0.4, -0.2) is 34.1 Å². The molecule has 1 aromatic rings. The van der Waals surface area contributed by atoms with E-state index in [0.717, 1.165) is 23.0 Å². The zero-order valence-electron chi connectivity index (χ0n) is 10.8. The maximum absolute atomic E-state index is 10.7. The number of hydrogen-bond acceptors (Lipinski definition) is 4. The SMILES string of the molecule is CC1CCN(Cc2ccc([N+](=O)[O-])cc2Br)C1CO. The lowest BCUT2D eigenvalue weighted by molar-refractivity contribution is -0.384. The number of halogens is 1. The Morgan fingerprint density at radius 1 is 1.58 bits per heavy atom. The second-order valence-electron chi connectivity index (χ2n) is 5.02. The van der Waals surface area contributed by atoms with Crippen LogP contribution < -0.4 is 0 Å². The lowest BCUT2D eigenvalue weighted by Gasteiger charge is -2.25. The monoisotopic (exact) mass is 328 g/mol. The van der Waals surface area contributed by atoms with Crippen LogP contribution in [0.2, 0.25) is 0 Å². The van der Waals surface area contributed by atoms with Crippen molar-refractivity contribution in [3.8, 4) is 0 Å². The Kier molecular flexibility index (Phi) is 4.54. The molecule has 1 N–H and O–H groups in total.